The fourth-order valence-corrected chi connectivity index (χ4v) is 4.36. The number of hydrogen-bond acceptors (Lipinski definition) is 6. The first-order valence-corrected chi connectivity index (χ1v) is 9.47. The van der Waals surface area contributed by atoms with Gasteiger partial charge >= 0.3 is 0 Å². The normalized spacial score (nSPS) is 25.4. The van der Waals surface area contributed by atoms with Gasteiger partial charge in [0, 0.05) is 6.04 Å². The Hall–Kier alpha value is -0.760. The van der Waals surface area contributed by atoms with Crippen LogP contribution in [0, 0.1) is 11.8 Å². The van der Waals surface area contributed by atoms with Gasteiger partial charge < -0.3 is 15.7 Å². The van der Waals surface area contributed by atoms with Gasteiger partial charge in [-0.3, -0.25) is 4.79 Å². The molecule has 3 rings (SSSR count). The number of aryl methyl sites for hydroxylation is 1. The van der Waals surface area contributed by atoms with E-state index < -0.39 is 0 Å². The first-order valence-electron chi connectivity index (χ1n) is 8.70. The van der Waals surface area contributed by atoms with Gasteiger partial charge in [-0.25, -0.2) is 0 Å². The molecule has 2 aliphatic rings. The van der Waals surface area contributed by atoms with E-state index in [0.29, 0.717) is 16.7 Å². The first kappa shape index (κ1) is 19.6. The van der Waals surface area contributed by atoms with Crippen LogP contribution in [0.3, 0.4) is 0 Å². The molecule has 0 radical (unpaired) electrons. The maximum Gasteiger partial charge on any atom is 0.265 e. The monoisotopic (exact) mass is 374 g/mol. The molecule has 0 bridgehead atoms. The Bertz CT molecular complexity index is 530. The van der Waals surface area contributed by atoms with Crippen molar-refractivity contribution in [1.82, 2.24) is 20.2 Å². The van der Waals surface area contributed by atoms with Gasteiger partial charge in [0.2, 0.25) is 0 Å². The molecule has 136 valence electrons. The van der Waals surface area contributed by atoms with Crippen molar-refractivity contribution in [2.75, 3.05) is 13.1 Å². The van der Waals surface area contributed by atoms with Crippen molar-refractivity contribution in [2.45, 2.75) is 57.6 Å². The highest BCUT2D eigenvalue weighted by Gasteiger charge is 2.39. The van der Waals surface area contributed by atoms with E-state index in [4.69, 9.17) is 0 Å². The van der Waals surface area contributed by atoms with E-state index in [1.165, 1.54) is 11.5 Å². The highest BCUT2D eigenvalue weighted by atomic mass is 35.5. The van der Waals surface area contributed by atoms with Crippen molar-refractivity contribution >= 4 is 29.8 Å². The Morgan fingerprint density at radius 1 is 1.38 bits per heavy atom. The summed E-state index contributed by atoms with van der Waals surface area (Å²) in [5.41, 5.74) is 0.813. The number of nitrogens with zero attached hydrogens (tertiary/aromatic N) is 2. The predicted octanol–water partition coefficient (Wildman–Crippen LogP) is 1.78. The minimum Gasteiger partial charge on any atom is -0.393 e. The molecule has 24 heavy (non-hydrogen) atoms. The fourth-order valence-electron chi connectivity index (χ4n) is 3.75. The smallest absolute Gasteiger partial charge is 0.265 e. The van der Waals surface area contributed by atoms with E-state index >= 15 is 0 Å². The van der Waals surface area contributed by atoms with E-state index in [1.807, 2.05) is 0 Å². The number of amides is 1. The van der Waals surface area contributed by atoms with Crippen LogP contribution >= 0.6 is 23.9 Å². The highest BCUT2D eigenvalue weighted by Crippen LogP contribution is 2.36. The molecule has 1 aliphatic carbocycles. The maximum atomic E-state index is 12.7. The summed E-state index contributed by atoms with van der Waals surface area (Å²) in [7, 11) is 0. The van der Waals surface area contributed by atoms with E-state index in [1.54, 1.807) is 0 Å². The highest BCUT2D eigenvalue weighted by molar-refractivity contribution is 7.08. The number of aliphatic hydroxyl groups excluding tert-OH is 1. The SMILES string of the molecule is CCCc1nnsc1C(=O)NC(C1CCNCC1)C1CC(O)C1.Cl. The van der Waals surface area contributed by atoms with Crippen LogP contribution in [0.5, 0.6) is 0 Å². The molecule has 1 amide bonds. The molecule has 0 aromatic carbocycles. The van der Waals surface area contributed by atoms with Crippen molar-refractivity contribution in [3.63, 3.8) is 0 Å². The molecule has 2 heterocycles. The van der Waals surface area contributed by atoms with Crippen LogP contribution in [0.25, 0.3) is 0 Å². The molecule has 1 saturated carbocycles. The lowest BCUT2D eigenvalue weighted by Crippen LogP contribution is -2.52. The summed E-state index contributed by atoms with van der Waals surface area (Å²) < 4.78 is 3.95. The van der Waals surface area contributed by atoms with Gasteiger partial charge in [0.1, 0.15) is 4.88 Å². The van der Waals surface area contributed by atoms with Gasteiger partial charge in [0.25, 0.3) is 5.91 Å². The summed E-state index contributed by atoms with van der Waals surface area (Å²) in [6, 6.07) is 0.157. The average Bonchev–Trinajstić information content (AvgIpc) is 2.99. The minimum absolute atomic E-state index is 0. The second-order valence-electron chi connectivity index (χ2n) is 6.77. The summed E-state index contributed by atoms with van der Waals surface area (Å²) in [6.45, 7) is 4.10. The second kappa shape index (κ2) is 9.08. The molecule has 1 atom stereocenters. The van der Waals surface area contributed by atoms with Crippen LogP contribution in [0.2, 0.25) is 0 Å². The predicted molar refractivity (Wildman–Crippen MR) is 96.7 cm³/mol. The standard InChI is InChI=1S/C16H26N4O2S.ClH/c1-2-3-13-15(23-20-19-13)16(22)18-14(11-8-12(21)9-11)10-4-6-17-7-5-10;/h10-12,14,17,21H,2-9H2,1H3,(H,18,22);1H. The molecule has 2 fully saturated rings. The minimum atomic E-state index is -0.193. The third kappa shape index (κ3) is 4.45. The van der Waals surface area contributed by atoms with Gasteiger partial charge in [0.05, 0.1) is 11.8 Å². The number of piperidine rings is 1. The van der Waals surface area contributed by atoms with Gasteiger partial charge in [-0.15, -0.1) is 17.5 Å². The topological polar surface area (TPSA) is 87.1 Å². The number of nitrogens with one attached hydrogen (secondary N) is 2. The summed E-state index contributed by atoms with van der Waals surface area (Å²) >= 11 is 1.19. The van der Waals surface area contributed by atoms with Crippen molar-refractivity contribution < 1.29 is 9.90 Å². The van der Waals surface area contributed by atoms with E-state index in [-0.39, 0.29) is 30.5 Å². The fraction of sp³-hybridized carbons (Fsp3) is 0.812. The zero-order valence-corrected chi connectivity index (χ0v) is 15.7. The maximum absolute atomic E-state index is 12.7. The molecular weight excluding hydrogens is 348 g/mol. The second-order valence-corrected chi connectivity index (χ2v) is 7.52. The zero-order valence-electron chi connectivity index (χ0n) is 14.0. The lowest BCUT2D eigenvalue weighted by Gasteiger charge is -2.43. The van der Waals surface area contributed by atoms with Gasteiger partial charge in [-0.1, -0.05) is 17.8 Å². The number of aliphatic hydroxyl groups is 1. The lowest BCUT2D eigenvalue weighted by molar-refractivity contribution is 0.00922. The summed E-state index contributed by atoms with van der Waals surface area (Å²) in [5.74, 6) is 0.856. The molecule has 1 aliphatic heterocycles. The molecule has 1 aromatic rings. The Morgan fingerprint density at radius 2 is 2.08 bits per heavy atom. The zero-order chi connectivity index (χ0) is 16.2. The molecule has 1 unspecified atom stereocenters. The average molecular weight is 375 g/mol. The quantitative estimate of drug-likeness (QED) is 0.706. The Labute approximate surface area is 153 Å². The molecular formula is C16H27ClN4O2S. The Morgan fingerprint density at radius 3 is 2.71 bits per heavy atom. The molecule has 0 spiro atoms. The van der Waals surface area contributed by atoms with Gasteiger partial charge in [0.15, 0.2) is 0 Å². The van der Waals surface area contributed by atoms with E-state index in [9.17, 15) is 9.90 Å². The molecule has 1 saturated heterocycles. The lowest BCUT2D eigenvalue weighted by atomic mass is 9.71. The molecule has 8 heteroatoms. The van der Waals surface area contributed by atoms with Crippen LogP contribution in [0.15, 0.2) is 0 Å². The summed E-state index contributed by atoms with van der Waals surface area (Å²) in [5, 5.41) is 20.4. The van der Waals surface area contributed by atoms with Gasteiger partial charge in [-0.05, 0) is 68.6 Å². The third-order valence-electron chi connectivity index (χ3n) is 5.10. The number of halogens is 1. The van der Waals surface area contributed by atoms with Crippen molar-refractivity contribution in [3.8, 4) is 0 Å². The largest absolute Gasteiger partial charge is 0.393 e. The molecule has 3 N–H and O–H groups in total. The number of hydrogen-bond donors (Lipinski definition) is 3. The van der Waals surface area contributed by atoms with Crippen molar-refractivity contribution in [3.05, 3.63) is 10.6 Å². The third-order valence-corrected chi connectivity index (χ3v) is 5.86. The summed E-state index contributed by atoms with van der Waals surface area (Å²) in [6.07, 6.45) is 5.33. The van der Waals surface area contributed by atoms with Crippen LogP contribution in [-0.4, -0.2) is 45.8 Å². The Balaban J connectivity index is 0.00000208. The number of rotatable bonds is 6. The van der Waals surface area contributed by atoms with Crippen LogP contribution in [0.1, 0.15) is 54.4 Å². The van der Waals surface area contributed by atoms with Gasteiger partial charge in [-0.2, -0.15) is 0 Å². The number of aromatic nitrogens is 2. The van der Waals surface area contributed by atoms with Crippen LogP contribution in [-0.2, 0) is 6.42 Å². The summed E-state index contributed by atoms with van der Waals surface area (Å²) in [4.78, 5) is 13.4. The van der Waals surface area contributed by atoms with Crippen LogP contribution < -0.4 is 10.6 Å². The van der Waals surface area contributed by atoms with E-state index in [2.05, 4.69) is 27.1 Å². The first-order chi connectivity index (χ1) is 11.2. The van der Waals surface area contributed by atoms with Crippen molar-refractivity contribution in [2.24, 2.45) is 11.8 Å². The Kier molecular flexibility index (Phi) is 7.40. The van der Waals surface area contributed by atoms with Crippen LogP contribution in [0.4, 0.5) is 0 Å². The molecule has 6 nitrogen and oxygen atoms in total. The molecule has 1 aromatic heterocycles. The van der Waals surface area contributed by atoms with Crippen molar-refractivity contribution in [1.29, 1.82) is 0 Å². The number of carbonyl (C=O) groups is 1. The van der Waals surface area contributed by atoms with E-state index in [0.717, 1.165) is 57.3 Å². The number of carbonyl (C=O) groups excluding carboxylic acids is 1.